The van der Waals surface area contributed by atoms with Crippen LogP contribution in [0.1, 0.15) is 63.0 Å². The average molecular weight is 279 g/mol. The molecule has 2 unspecified atom stereocenters. The van der Waals surface area contributed by atoms with E-state index >= 15 is 0 Å². The molecule has 1 heteroatoms. The first-order chi connectivity index (χ1) is 10.2. The maximum atomic E-state index is 7.70. The van der Waals surface area contributed by atoms with Crippen molar-refractivity contribution >= 4 is 6.21 Å². The molecule has 21 heavy (non-hydrogen) atoms. The van der Waals surface area contributed by atoms with E-state index in [1.807, 2.05) is 6.07 Å². The molecule has 0 heterocycles. The van der Waals surface area contributed by atoms with E-state index in [-0.39, 0.29) is 0 Å². The van der Waals surface area contributed by atoms with Gasteiger partial charge in [-0.3, -0.25) is 0 Å². The predicted molar refractivity (Wildman–Crippen MR) is 90.1 cm³/mol. The fourth-order valence-electron chi connectivity index (χ4n) is 4.28. The summed E-state index contributed by atoms with van der Waals surface area (Å²) in [5.74, 6) is 1.27. The number of hydrogen-bond donors (Lipinski definition) is 1. The third-order valence-corrected chi connectivity index (χ3v) is 5.20. The lowest BCUT2D eigenvalue weighted by Crippen LogP contribution is -2.21. The predicted octanol–water partition coefficient (Wildman–Crippen LogP) is 5.62. The summed E-state index contributed by atoms with van der Waals surface area (Å²) < 4.78 is 0. The van der Waals surface area contributed by atoms with Crippen LogP contribution in [-0.4, -0.2) is 6.21 Å². The molecular weight excluding hydrogens is 254 g/mol. The summed E-state index contributed by atoms with van der Waals surface area (Å²) in [7, 11) is 0. The SMILES string of the molecule is CC1=CC(C)=C(C2CCCCC2c2ccccc2C=N)C1. The summed E-state index contributed by atoms with van der Waals surface area (Å²) in [6, 6.07) is 8.52. The lowest BCUT2D eigenvalue weighted by atomic mass is 9.70. The van der Waals surface area contributed by atoms with Crippen LogP contribution in [-0.2, 0) is 0 Å². The number of allylic oxidation sites excluding steroid dienone is 4. The van der Waals surface area contributed by atoms with E-state index in [4.69, 9.17) is 5.41 Å². The van der Waals surface area contributed by atoms with Gasteiger partial charge in [0.25, 0.3) is 0 Å². The highest BCUT2D eigenvalue weighted by Crippen LogP contribution is 2.46. The van der Waals surface area contributed by atoms with Crippen molar-refractivity contribution in [2.45, 2.75) is 51.9 Å². The molecule has 0 amide bonds. The zero-order valence-electron chi connectivity index (χ0n) is 13.2. The van der Waals surface area contributed by atoms with E-state index in [2.05, 4.69) is 38.1 Å². The maximum absolute atomic E-state index is 7.70. The van der Waals surface area contributed by atoms with Crippen LogP contribution in [0, 0.1) is 11.3 Å². The lowest BCUT2D eigenvalue weighted by molar-refractivity contribution is 0.343. The number of benzene rings is 1. The minimum atomic E-state index is 0.598. The molecule has 110 valence electrons. The average Bonchev–Trinajstić information content (AvgIpc) is 2.85. The molecule has 0 spiro atoms. The highest BCUT2D eigenvalue weighted by Gasteiger charge is 2.32. The quantitative estimate of drug-likeness (QED) is 0.694. The number of nitrogens with one attached hydrogen (secondary N) is 1. The van der Waals surface area contributed by atoms with Crippen molar-refractivity contribution in [3.8, 4) is 0 Å². The Balaban J connectivity index is 1.96. The second-order valence-electron chi connectivity index (χ2n) is 6.65. The second-order valence-corrected chi connectivity index (χ2v) is 6.65. The molecule has 2 atom stereocenters. The van der Waals surface area contributed by atoms with Gasteiger partial charge in [-0.2, -0.15) is 0 Å². The molecule has 1 aromatic rings. The molecule has 2 aliphatic rings. The molecule has 1 nitrogen and oxygen atoms in total. The molecule has 2 aliphatic carbocycles. The first-order valence-corrected chi connectivity index (χ1v) is 8.17. The van der Waals surface area contributed by atoms with Crippen molar-refractivity contribution < 1.29 is 0 Å². The van der Waals surface area contributed by atoms with Crippen molar-refractivity contribution in [2.75, 3.05) is 0 Å². The summed E-state index contributed by atoms with van der Waals surface area (Å²) in [6.07, 6.45) is 10.3. The summed E-state index contributed by atoms with van der Waals surface area (Å²) in [6.45, 7) is 4.53. The van der Waals surface area contributed by atoms with Gasteiger partial charge in [0.15, 0.2) is 0 Å². The second kappa shape index (κ2) is 6.01. The molecule has 0 aromatic heterocycles. The standard InChI is InChI=1S/C20H25N/c1-14-11-15(2)20(12-14)19-10-6-5-9-18(19)17-8-4-3-7-16(17)13-21/h3-4,7-8,11,13,18-19,21H,5-6,9-10,12H2,1-2H3. The van der Waals surface area contributed by atoms with Gasteiger partial charge in [0.1, 0.15) is 0 Å². The minimum absolute atomic E-state index is 0.598. The van der Waals surface area contributed by atoms with E-state index in [0.717, 1.165) is 5.56 Å². The monoisotopic (exact) mass is 279 g/mol. The van der Waals surface area contributed by atoms with E-state index in [9.17, 15) is 0 Å². The van der Waals surface area contributed by atoms with Crippen LogP contribution in [0.2, 0.25) is 0 Å². The Hall–Kier alpha value is -1.63. The number of rotatable bonds is 3. The molecule has 0 aliphatic heterocycles. The molecular formula is C20H25N. The van der Waals surface area contributed by atoms with Gasteiger partial charge >= 0.3 is 0 Å². The third kappa shape index (κ3) is 2.74. The summed E-state index contributed by atoms with van der Waals surface area (Å²) in [5.41, 5.74) is 7.17. The van der Waals surface area contributed by atoms with Crippen LogP contribution in [0.25, 0.3) is 0 Å². The molecule has 3 rings (SSSR count). The van der Waals surface area contributed by atoms with Crippen molar-refractivity contribution in [3.63, 3.8) is 0 Å². The van der Waals surface area contributed by atoms with Gasteiger partial charge in [-0.05, 0) is 56.1 Å². The van der Waals surface area contributed by atoms with Gasteiger partial charge in [-0.15, -0.1) is 0 Å². The molecule has 1 N–H and O–H groups in total. The van der Waals surface area contributed by atoms with E-state index in [1.165, 1.54) is 55.0 Å². The molecule has 1 aromatic carbocycles. The molecule has 0 saturated heterocycles. The van der Waals surface area contributed by atoms with Crippen LogP contribution in [0.4, 0.5) is 0 Å². The van der Waals surface area contributed by atoms with Crippen LogP contribution >= 0.6 is 0 Å². The highest BCUT2D eigenvalue weighted by molar-refractivity contribution is 5.79. The topological polar surface area (TPSA) is 23.9 Å². The minimum Gasteiger partial charge on any atom is -0.308 e. The smallest absolute Gasteiger partial charge is 0.0253 e. The van der Waals surface area contributed by atoms with Gasteiger partial charge in [-0.1, -0.05) is 59.9 Å². The van der Waals surface area contributed by atoms with Gasteiger partial charge in [-0.25, -0.2) is 0 Å². The Bertz CT molecular complexity index is 606. The Morgan fingerprint density at radius 2 is 1.76 bits per heavy atom. The van der Waals surface area contributed by atoms with E-state index in [0.29, 0.717) is 11.8 Å². The van der Waals surface area contributed by atoms with Crippen molar-refractivity contribution in [1.82, 2.24) is 0 Å². The highest BCUT2D eigenvalue weighted by atomic mass is 14.4. The Morgan fingerprint density at radius 3 is 2.43 bits per heavy atom. The fourth-order valence-corrected chi connectivity index (χ4v) is 4.28. The lowest BCUT2D eigenvalue weighted by Gasteiger charge is -2.34. The third-order valence-electron chi connectivity index (χ3n) is 5.20. The summed E-state index contributed by atoms with van der Waals surface area (Å²) in [5, 5.41) is 7.70. The van der Waals surface area contributed by atoms with E-state index in [1.54, 1.807) is 5.57 Å². The Kier molecular flexibility index (Phi) is 4.10. The van der Waals surface area contributed by atoms with Gasteiger partial charge in [0.05, 0.1) is 0 Å². The number of hydrogen-bond acceptors (Lipinski definition) is 1. The Morgan fingerprint density at radius 1 is 1.05 bits per heavy atom. The van der Waals surface area contributed by atoms with Crippen LogP contribution in [0.5, 0.6) is 0 Å². The van der Waals surface area contributed by atoms with Crippen LogP contribution < -0.4 is 0 Å². The zero-order chi connectivity index (χ0) is 14.8. The summed E-state index contributed by atoms with van der Waals surface area (Å²) in [4.78, 5) is 0. The van der Waals surface area contributed by atoms with Crippen LogP contribution in [0.15, 0.2) is 47.1 Å². The zero-order valence-corrected chi connectivity index (χ0v) is 13.2. The summed E-state index contributed by atoms with van der Waals surface area (Å²) >= 11 is 0. The normalized spacial score (nSPS) is 25.9. The van der Waals surface area contributed by atoms with Gasteiger partial charge in [0.2, 0.25) is 0 Å². The maximum Gasteiger partial charge on any atom is 0.0253 e. The first kappa shape index (κ1) is 14.3. The fraction of sp³-hybridized carbons (Fsp3) is 0.450. The van der Waals surface area contributed by atoms with Crippen molar-refractivity contribution in [3.05, 3.63) is 58.2 Å². The molecule has 1 fully saturated rings. The Labute approximate surface area is 128 Å². The molecule has 1 saturated carbocycles. The van der Waals surface area contributed by atoms with Gasteiger partial charge in [0, 0.05) is 6.21 Å². The van der Waals surface area contributed by atoms with Crippen LogP contribution in [0.3, 0.4) is 0 Å². The van der Waals surface area contributed by atoms with Crippen molar-refractivity contribution in [2.24, 2.45) is 5.92 Å². The van der Waals surface area contributed by atoms with Crippen molar-refractivity contribution in [1.29, 1.82) is 5.41 Å². The molecule has 0 radical (unpaired) electrons. The first-order valence-electron chi connectivity index (χ1n) is 8.17. The molecule has 0 bridgehead atoms. The largest absolute Gasteiger partial charge is 0.308 e. The van der Waals surface area contributed by atoms with E-state index < -0.39 is 0 Å². The van der Waals surface area contributed by atoms with Gasteiger partial charge < -0.3 is 5.41 Å².